The number of pyridine rings is 2. The number of anilines is 1. The number of aromatic nitrogens is 2. The number of fused-ring (bicyclic) bond motifs is 1. The van der Waals surface area contributed by atoms with Gasteiger partial charge in [0.2, 0.25) is 5.43 Å². The number of methoxy groups -OCH3 is 2. The van der Waals surface area contributed by atoms with Crippen molar-refractivity contribution >= 4 is 22.7 Å². The molecule has 3 heterocycles. The number of carbonyl (C=O) groups excluding carboxylic acids is 1. The van der Waals surface area contributed by atoms with Gasteiger partial charge in [-0.05, 0) is 26.0 Å². The van der Waals surface area contributed by atoms with E-state index in [9.17, 15) is 22.8 Å². The van der Waals surface area contributed by atoms with Crippen LogP contribution in [0.3, 0.4) is 0 Å². The molecule has 1 N–H and O–H groups in total. The number of alkyl halides is 3. The number of rotatable bonds is 6. The van der Waals surface area contributed by atoms with Crippen molar-refractivity contribution in [2.45, 2.75) is 26.1 Å². The van der Waals surface area contributed by atoms with Gasteiger partial charge in [0.05, 0.1) is 36.7 Å². The fourth-order valence-corrected chi connectivity index (χ4v) is 4.58. The van der Waals surface area contributed by atoms with Crippen molar-refractivity contribution in [2.75, 3.05) is 38.8 Å². The molecule has 0 amide bonds. The molecule has 8 nitrogen and oxygen atoms in total. The average Bonchev–Trinajstić information content (AvgIpc) is 3.28. The Balaban J connectivity index is 2.00. The number of hydrogen-bond acceptors (Lipinski definition) is 7. The number of aromatic amines is 1. The molecule has 1 aliphatic heterocycles. The summed E-state index contributed by atoms with van der Waals surface area (Å²) in [6, 6.07) is 8.78. The van der Waals surface area contributed by atoms with Crippen molar-refractivity contribution in [1.29, 1.82) is 0 Å². The molecular weight excluding hydrogens is 479 g/mol. The van der Waals surface area contributed by atoms with Crippen LogP contribution in [-0.2, 0) is 9.47 Å². The zero-order chi connectivity index (χ0) is 26.2. The Labute approximate surface area is 205 Å². The van der Waals surface area contributed by atoms with Crippen molar-refractivity contribution in [2.24, 2.45) is 5.92 Å². The van der Waals surface area contributed by atoms with Gasteiger partial charge in [-0.15, -0.1) is 0 Å². The van der Waals surface area contributed by atoms with E-state index in [1.165, 1.54) is 19.1 Å². The number of ether oxygens (including phenoxy) is 3. The third-order valence-electron chi connectivity index (χ3n) is 6.28. The van der Waals surface area contributed by atoms with E-state index in [1.54, 1.807) is 44.2 Å². The van der Waals surface area contributed by atoms with Crippen LogP contribution in [0.15, 0.2) is 35.1 Å². The summed E-state index contributed by atoms with van der Waals surface area (Å²) in [4.78, 5) is 35.4. The first kappa shape index (κ1) is 25.5. The van der Waals surface area contributed by atoms with Crippen molar-refractivity contribution < 1.29 is 32.2 Å². The van der Waals surface area contributed by atoms with Crippen LogP contribution in [0, 0.1) is 12.8 Å². The highest BCUT2D eigenvalue weighted by molar-refractivity contribution is 6.00. The first-order chi connectivity index (χ1) is 17.1. The number of para-hydroxylation sites is 1. The molecule has 0 radical (unpaired) electrons. The summed E-state index contributed by atoms with van der Waals surface area (Å²) in [5.74, 6) is -2.48. The monoisotopic (exact) mass is 505 g/mol. The molecule has 2 aromatic heterocycles. The van der Waals surface area contributed by atoms with Gasteiger partial charge in [0.1, 0.15) is 17.3 Å². The molecule has 11 heteroatoms. The van der Waals surface area contributed by atoms with Crippen molar-refractivity contribution in [3.05, 3.63) is 51.8 Å². The first-order valence-electron chi connectivity index (χ1n) is 11.3. The molecule has 1 fully saturated rings. The van der Waals surface area contributed by atoms with Gasteiger partial charge >= 0.3 is 12.1 Å². The van der Waals surface area contributed by atoms with Crippen LogP contribution in [0.1, 0.15) is 23.0 Å². The van der Waals surface area contributed by atoms with E-state index in [-0.39, 0.29) is 41.5 Å². The highest BCUT2D eigenvalue weighted by Gasteiger charge is 2.50. The lowest BCUT2D eigenvalue weighted by Crippen LogP contribution is -2.34. The quantitative estimate of drug-likeness (QED) is 0.504. The lowest BCUT2D eigenvalue weighted by molar-refractivity contribution is -0.191. The van der Waals surface area contributed by atoms with E-state index < -0.39 is 36.1 Å². The minimum absolute atomic E-state index is 0.0195. The van der Waals surface area contributed by atoms with Gasteiger partial charge in [0.25, 0.3) is 0 Å². The molecule has 4 rings (SSSR count). The number of nitrogens with one attached hydrogen (secondary N) is 1. The Morgan fingerprint density at radius 1 is 1.22 bits per heavy atom. The van der Waals surface area contributed by atoms with Crippen LogP contribution in [-0.4, -0.2) is 62.1 Å². The highest BCUT2D eigenvalue weighted by atomic mass is 19.4. The third-order valence-corrected chi connectivity index (χ3v) is 6.28. The van der Waals surface area contributed by atoms with Crippen LogP contribution in [0.5, 0.6) is 5.75 Å². The Morgan fingerprint density at radius 3 is 2.56 bits per heavy atom. The maximum atomic E-state index is 13.8. The van der Waals surface area contributed by atoms with Crippen LogP contribution >= 0.6 is 0 Å². The second-order valence-electron chi connectivity index (χ2n) is 8.46. The molecule has 0 saturated carbocycles. The summed E-state index contributed by atoms with van der Waals surface area (Å²) in [5, 5.41) is 0.676. The van der Waals surface area contributed by atoms with Crippen molar-refractivity contribution in [3.63, 3.8) is 0 Å². The van der Waals surface area contributed by atoms with Crippen LogP contribution in [0.2, 0.25) is 0 Å². The second kappa shape index (κ2) is 9.81. The molecule has 0 aliphatic carbocycles. The molecule has 1 aromatic carbocycles. The highest BCUT2D eigenvalue weighted by Crippen LogP contribution is 2.40. The summed E-state index contributed by atoms with van der Waals surface area (Å²) in [6.07, 6.45) is -5.58. The fourth-order valence-electron chi connectivity index (χ4n) is 4.58. The van der Waals surface area contributed by atoms with E-state index in [2.05, 4.69) is 9.97 Å². The van der Waals surface area contributed by atoms with E-state index >= 15 is 0 Å². The number of H-pyrrole nitrogens is 1. The molecule has 2 atom stereocenters. The molecule has 36 heavy (non-hydrogen) atoms. The van der Waals surface area contributed by atoms with Gasteiger partial charge in [0.15, 0.2) is 5.75 Å². The third kappa shape index (κ3) is 4.50. The molecule has 2 unspecified atom stereocenters. The van der Waals surface area contributed by atoms with Crippen molar-refractivity contribution in [3.8, 4) is 17.0 Å². The normalized spacial score (nSPS) is 18.0. The molecule has 192 valence electrons. The number of carbonyl (C=O) groups is 1. The zero-order valence-electron chi connectivity index (χ0n) is 20.2. The molecule has 1 aliphatic rings. The fraction of sp³-hybridized carbons (Fsp3) is 0.400. The minimum Gasteiger partial charge on any atom is -0.491 e. The molecule has 3 aromatic rings. The zero-order valence-corrected chi connectivity index (χ0v) is 20.2. The van der Waals surface area contributed by atoms with E-state index in [4.69, 9.17) is 14.2 Å². The molecule has 0 spiro atoms. The summed E-state index contributed by atoms with van der Waals surface area (Å²) in [6.45, 7) is 2.75. The first-order valence-corrected chi connectivity index (χ1v) is 11.3. The van der Waals surface area contributed by atoms with E-state index in [0.29, 0.717) is 16.6 Å². The van der Waals surface area contributed by atoms with E-state index in [0.717, 1.165) is 0 Å². The number of aryl methyl sites for hydroxylation is 1. The maximum Gasteiger partial charge on any atom is 0.396 e. The Morgan fingerprint density at radius 2 is 1.94 bits per heavy atom. The maximum absolute atomic E-state index is 13.8. The van der Waals surface area contributed by atoms with Gasteiger partial charge in [-0.2, -0.15) is 13.2 Å². The van der Waals surface area contributed by atoms with Gasteiger partial charge in [-0.3, -0.25) is 4.79 Å². The summed E-state index contributed by atoms with van der Waals surface area (Å²) in [7, 11) is 2.55. The average molecular weight is 505 g/mol. The van der Waals surface area contributed by atoms with Gasteiger partial charge in [0, 0.05) is 31.1 Å². The summed E-state index contributed by atoms with van der Waals surface area (Å²) >= 11 is 0. The Kier molecular flexibility index (Phi) is 6.94. The molecule has 1 saturated heterocycles. The lowest BCUT2D eigenvalue weighted by atomic mass is 10.0. The Hall–Kier alpha value is -3.60. The van der Waals surface area contributed by atoms with Crippen LogP contribution in [0.25, 0.3) is 22.2 Å². The smallest absolute Gasteiger partial charge is 0.396 e. The van der Waals surface area contributed by atoms with Crippen molar-refractivity contribution in [1.82, 2.24) is 9.97 Å². The van der Waals surface area contributed by atoms with Gasteiger partial charge in [-0.25, -0.2) is 9.78 Å². The molecule has 0 bridgehead atoms. The minimum atomic E-state index is -4.48. The largest absolute Gasteiger partial charge is 0.491 e. The van der Waals surface area contributed by atoms with Gasteiger partial charge in [-0.1, -0.05) is 18.2 Å². The summed E-state index contributed by atoms with van der Waals surface area (Å²) in [5.41, 5.74) is 0.268. The number of nitrogens with zero attached hydrogens (tertiary/aromatic N) is 2. The Bertz CT molecular complexity index is 1360. The predicted octanol–water partition coefficient (Wildman–Crippen LogP) is 4.10. The van der Waals surface area contributed by atoms with Crippen LogP contribution < -0.4 is 15.1 Å². The topological polar surface area (TPSA) is 93.8 Å². The lowest BCUT2D eigenvalue weighted by Gasteiger charge is -2.23. The van der Waals surface area contributed by atoms with E-state index in [1.807, 2.05) is 0 Å². The predicted molar refractivity (Wildman–Crippen MR) is 128 cm³/mol. The molecular formula is C25H26F3N3O5. The van der Waals surface area contributed by atoms with Gasteiger partial charge < -0.3 is 24.1 Å². The standard InChI is InChI=1S/C25H26F3N3O5/c1-5-36-24(33)19-20(29-13(2)22(35-4)21(19)32)15-10-14-8-6-7-9-17(14)30-23(15)31-11-16(25(26,27)28)18(12-31)34-3/h6-10,16,18H,5,11-12H2,1-4H3,(H,29,32). The SMILES string of the molecule is CCOC(=O)c1c(-c2cc3ccccc3nc2N2CC(OC)C(C(F)(F)F)C2)[nH]c(C)c(OC)c1=O. The number of esters is 1. The number of halogens is 3. The summed E-state index contributed by atoms with van der Waals surface area (Å²) < 4.78 is 56.8. The number of benzene rings is 1. The second-order valence-corrected chi connectivity index (χ2v) is 8.46. The van der Waals surface area contributed by atoms with Crippen LogP contribution in [0.4, 0.5) is 19.0 Å². The number of hydrogen-bond donors (Lipinski definition) is 1.